The molecular formula is C23H26N4O. The molecule has 0 fully saturated rings. The first-order chi connectivity index (χ1) is 13.5. The molecule has 0 radical (unpaired) electrons. The monoisotopic (exact) mass is 374 g/mol. The van der Waals surface area contributed by atoms with Crippen molar-refractivity contribution in [2.45, 2.75) is 26.7 Å². The first kappa shape index (κ1) is 19.7. The third-order valence-corrected chi connectivity index (χ3v) is 4.53. The Bertz CT molecular complexity index is 981. The van der Waals surface area contributed by atoms with Crippen LogP contribution in [0.1, 0.15) is 30.7 Å². The van der Waals surface area contributed by atoms with Crippen molar-refractivity contribution in [2.75, 3.05) is 6.54 Å². The first-order valence-corrected chi connectivity index (χ1v) is 9.54. The molecule has 144 valence electrons. The molecule has 0 spiro atoms. The van der Waals surface area contributed by atoms with E-state index in [1.54, 1.807) is 10.7 Å². The zero-order valence-electron chi connectivity index (χ0n) is 16.6. The Labute approximate surface area is 166 Å². The largest absolute Gasteiger partial charge is 0.439 e. The molecule has 0 aliphatic carbocycles. The maximum Gasteiger partial charge on any atom is 0.217 e. The molecule has 0 amide bonds. The van der Waals surface area contributed by atoms with Gasteiger partial charge in [-0.2, -0.15) is 10.4 Å². The summed E-state index contributed by atoms with van der Waals surface area (Å²) in [5.74, 6) is 1.82. The van der Waals surface area contributed by atoms with E-state index < -0.39 is 0 Å². The molecule has 0 saturated heterocycles. The number of nitrogens with two attached hydrogens (primary N) is 1. The van der Waals surface area contributed by atoms with Gasteiger partial charge >= 0.3 is 0 Å². The van der Waals surface area contributed by atoms with Gasteiger partial charge in [-0.25, -0.2) is 4.68 Å². The molecule has 0 saturated carbocycles. The average molecular weight is 374 g/mol. The minimum absolute atomic E-state index is 0.521. The molecule has 3 aromatic rings. The molecule has 5 nitrogen and oxygen atoms in total. The SMILES string of the molecule is CC(C)Cc1cc(Oc2cc(C#N)ccc2-c2ccc(CCN)cc2)n(C)n1. The quantitative estimate of drug-likeness (QED) is 0.663. The summed E-state index contributed by atoms with van der Waals surface area (Å²) in [4.78, 5) is 0. The van der Waals surface area contributed by atoms with Crippen molar-refractivity contribution in [3.05, 3.63) is 65.4 Å². The van der Waals surface area contributed by atoms with E-state index in [4.69, 9.17) is 10.5 Å². The van der Waals surface area contributed by atoms with Gasteiger partial charge in [0, 0.05) is 18.7 Å². The highest BCUT2D eigenvalue weighted by molar-refractivity contribution is 5.72. The Balaban J connectivity index is 1.96. The number of rotatable bonds is 7. The Hall–Kier alpha value is -3.10. The number of hydrogen-bond acceptors (Lipinski definition) is 4. The highest BCUT2D eigenvalue weighted by Crippen LogP contribution is 2.34. The van der Waals surface area contributed by atoms with Crippen molar-refractivity contribution in [3.63, 3.8) is 0 Å². The number of nitriles is 1. The summed E-state index contributed by atoms with van der Waals surface area (Å²) >= 11 is 0. The summed E-state index contributed by atoms with van der Waals surface area (Å²) < 4.78 is 7.95. The minimum atomic E-state index is 0.521. The minimum Gasteiger partial charge on any atom is -0.439 e. The van der Waals surface area contributed by atoms with Gasteiger partial charge in [0.05, 0.1) is 17.3 Å². The van der Waals surface area contributed by atoms with Crippen LogP contribution in [0.15, 0.2) is 48.5 Å². The lowest BCUT2D eigenvalue weighted by atomic mass is 10.0. The van der Waals surface area contributed by atoms with E-state index in [9.17, 15) is 5.26 Å². The van der Waals surface area contributed by atoms with E-state index in [2.05, 4.69) is 49.3 Å². The fourth-order valence-electron chi connectivity index (χ4n) is 3.17. The third kappa shape index (κ3) is 4.59. The summed E-state index contributed by atoms with van der Waals surface area (Å²) in [5.41, 5.74) is 10.4. The first-order valence-electron chi connectivity index (χ1n) is 9.54. The van der Waals surface area contributed by atoms with Crippen LogP contribution in [-0.2, 0) is 19.9 Å². The van der Waals surface area contributed by atoms with E-state index in [-0.39, 0.29) is 0 Å². The van der Waals surface area contributed by atoms with Gasteiger partial charge in [0.2, 0.25) is 5.88 Å². The van der Waals surface area contributed by atoms with Crippen LogP contribution in [0.5, 0.6) is 11.6 Å². The Morgan fingerprint density at radius 2 is 1.89 bits per heavy atom. The van der Waals surface area contributed by atoms with Crippen molar-refractivity contribution in [1.82, 2.24) is 9.78 Å². The second-order valence-corrected chi connectivity index (χ2v) is 7.36. The maximum absolute atomic E-state index is 9.31. The van der Waals surface area contributed by atoms with Crippen LogP contribution in [-0.4, -0.2) is 16.3 Å². The van der Waals surface area contributed by atoms with Gasteiger partial charge < -0.3 is 10.5 Å². The van der Waals surface area contributed by atoms with E-state index in [1.165, 1.54) is 5.56 Å². The van der Waals surface area contributed by atoms with Gasteiger partial charge in [0.15, 0.2) is 0 Å². The predicted molar refractivity (Wildman–Crippen MR) is 111 cm³/mol. The molecule has 2 aromatic carbocycles. The number of nitrogens with zero attached hydrogens (tertiary/aromatic N) is 3. The molecule has 1 aromatic heterocycles. The molecule has 2 N–H and O–H groups in total. The van der Waals surface area contributed by atoms with Crippen LogP contribution in [0.4, 0.5) is 0 Å². The third-order valence-electron chi connectivity index (χ3n) is 4.53. The molecule has 5 heteroatoms. The Kier molecular flexibility index (Phi) is 6.13. The van der Waals surface area contributed by atoms with Crippen LogP contribution < -0.4 is 10.5 Å². The van der Waals surface area contributed by atoms with Gasteiger partial charge in [-0.1, -0.05) is 38.1 Å². The van der Waals surface area contributed by atoms with E-state index in [0.29, 0.717) is 29.7 Å². The summed E-state index contributed by atoms with van der Waals surface area (Å²) in [7, 11) is 1.87. The molecule has 0 atom stereocenters. The summed E-state index contributed by atoms with van der Waals surface area (Å²) in [6, 6.07) is 17.9. The van der Waals surface area contributed by atoms with Crippen LogP contribution >= 0.6 is 0 Å². The van der Waals surface area contributed by atoms with Gasteiger partial charge in [-0.3, -0.25) is 0 Å². The van der Waals surface area contributed by atoms with Gasteiger partial charge in [0.25, 0.3) is 0 Å². The zero-order valence-corrected chi connectivity index (χ0v) is 16.6. The highest BCUT2D eigenvalue weighted by atomic mass is 16.5. The Morgan fingerprint density at radius 1 is 1.14 bits per heavy atom. The average Bonchev–Trinajstić information content (AvgIpc) is 3.01. The smallest absolute Gasteiger partial charge is 0.217 e. The normalized spacial score (nSPS) is 10.9. The number of aryl methyl sites for hydroxylation is 1. The molecule has 28 heavy (non-hydrogen) atoms. The fourth-order valence-corrected chi connectivity index (χ4v) is 3.17. The molecule has 0 aliphatic rings. The van der Waals surface area contributed by atoms with E-state index in [1.807, 2.05) is 25.2 Å². The lowest BCUT2D eigenvalue weighted by Crippen LogP contribution is -2.02. The number of hydrogen-bond donors (Lipinski definition) is 1. The van der Waals surface area contributed by atoms with Crippen molar-refractivity contribution >= 4 is 0 Å². The van der Waals surface area contributed by atoms with E-state index >= 15 is 0 Å². The number of aromatic nitrogens is 2. The lowest BCUT2D eigenvalue weighted by molar-refractivity contribution is 0.431. The summed E-state index contributed by atoms with van der Waals surface area (Å²) in [5, 5.41) is 13.8. The van der Waals surface area contributed by atoms with E-state index in [0.717, 1.165) is 29.7 Å². The fraction of sp³-hybridized carbons (Fsp3) is 0.304. The molecule has 1 heterocycles. The topological polar surface area (TPSA) is 76.9 Å². The Morgan fingerprint density at radius 3 is 2.54 bits per heavy atom. The van der Waals surface area contributed by atoms with Crippen molar-refractivity contribution in [1.29, 1.82) is 5.26 Å². The second kappa shape index (κ2) is 8.73. The van der Waals surface area contributed by atoms with Crippen molar-refractivity contribution in [2.24, 2.45) is 18.7 Å². The van der Waals surface area contributed by atoms with Crippen molar-refractivity contribution < 1.29 is 4.74 Å². The van der Waals surface area contributed by atoms with Crippen LogP contribution in [0, 0.1) is 17.2 Å². The molecule has 3 rings (SSSR count). The standard InChI is InChI=1S/C23H26N4O/c1-16(2)12-20-14-23(27(3)26-20)28-22-13-18(15-25)6-9-21(22)19-7-4-17(5-8-19)10-11-24/h4-9,13-14,16H,10-12,24H2,1-3H3. The molecule has 0 unspecified atom stereocenters. The van der Waals surface area contributed by atoms with Gasteiger partial charge in [-0.15, -0.1) is 0 Å². The van der Waals surface area contributed by atoms with Crippen molar-refractivity contribution in [3.8, 4) is 28.8 Å². The highest BCUT2D eigenvalue weighted by Gasteiger charge is 2.13. The molecule has 0 bridgehead atoms. The van der Waals surface area contributed by atoms with Crippen LogP contribution in [0.25, 0.3) is 11.1 Å². The second-order valence-electron chi connectivity index (χ2n) is 7.36. The zero-order chi connectivity index (χ0) is 20.1. The van der Waals surface area contributed by atoms with Gasteiger partial charge in [-0.05, 0) is 54.6 Å². The van der Waals surface area contributed by atoms with Gasteiger partial charge in [0.1, 0.15) is 5.75 Å². The summed E-state index contributed by atoms with van der Waals surface area (Å²) in [6.07, 6.45) is 1.75. The number of benzene rings is 2. The maximum atomic E-state index is 9.31. The lowest BCUT2D eigenvalue weighted by Gasteiger charge is -2.12. The number of ether oxygens (including phenoxy) is 1. The van der Waals surface area contributed by atoms with Crippen LogP contribution in [0.3, 0.4) is 0 Å². The summed E-state index contributed by atoms with van der Waals surface area (Å²) in [6.45, 7) is 4.96. The predicted octanol–water partition coefficient (Wildman–Crippen LogP) is 4.45. The van der Waals surface area contributed by atoms with Crippen LogP contribution in [0.2, 0.25) is 0 Å². The molecule has 0 aliphatic heterocycles. The molecular weight excluding hydrogens is 348 g/mol.